The maximum absolute atomic E-state index is 12.1. The van der Waals surface area contributed by atoms with Crippen molar-refractivity contribution in [3.05, 3.63) is 11.6 Å². The van der Waals surface area contributed by atoms with Crippen molar-refractivity contribution in [1.29, 1.82) is 0 Å². The lowest BCUT2D eigenvalue weighted by molar-refractivity contribution is -0.119. The van der Waals surface area contributed by atoms with Gasteiger partial charge in [-0.1, -0.05) is 19.4 Å². The summed E-state index contributed by atoms with van der Waals surface area (Å²) in [6, 6.07) is 0.621. The largest absolute Gasteiger partial charge is 0.393 e. The minimum Gasteiger partial charge on any atom is -0.393 e. The molecule has 5 rings (SSSR count). The fourth-order valence-electron chi connectivity index (χ4n) is 7.26. The molecule has 0 aromatic rings. The Morgan fingerprint density at radius 3 is 2.67 bits per heavy atom. The molecule has 5 aliphatic rings. The van der Waals surface area contributed by atoms with E-state index in [2.05, 4.69) is 18.7 Å². The number of rotatable bonds is 1. The Labute approximate surface area is 145 Å². The predicted molar refractivity (Wildman–Crippen MR) is 93.5 cm³/mol. The minimum absolute atomic E-state index is 0.101. The Balaban J connectivity index is 1.58. The van der Waals surface area contributed by atoms with E-state index in [1.807, 2.05) is 6.08 Å². The van der Waals surface area contributed by atoms with Gasteiger partial charge in [-0.3, -0.25) is 9.69 Å². The van der Waals surface area contributed by atoms with Crippen LogP contribution in [0.4, 0.5) is 0 Å². The minimum atomic E-state index is -0.101. The maximum Gasteiger partial charge on any atom is 0.155 e. The van der Waals surface area contributed by atoms with Crippen LogP contribution in [0.25, 0.3) is 0 Å². The summed E-state index contributed by atoms with van der Waals surface area (Å²) in [7, 11) is 0. The average Bonchev–Trinajstić information content (AvgIpc) is 3.34. The van der Waals surface area contributed by atoms with Gasteiger partial charge in [0, 0.05) is 25.6 Å². The van der Waals surface area contributed by atoms with E-state index in [9.17, 15) is 9.90 Å². The summed E-state index contributed by atoms with van der Waals surface area (Å²) in [6.07, 6.45) is 9.42. The van der Waals surface area contributed by atoms with Crippen molar-refractivity contribution in [3.8, 4) is 0 Å². The summed E-state index contributed by atoms with van der Waals surface area (Å²) in [5.74, 6) is 2.45. The van der Waals surface area contributed by atoms with Crippen LogP contribution < -0.4 is 0 Å². The Morgan fingerprint density at radius 1 is 1.12 bits per heavy atom. The van der Waals surface area contributed by atoms with Gasteiger partial charge in [0.25, 0.3) is 0 Å². The normalized spacial score (nSPS) is 53.9. The van der Waals surface area contributed by atoms with Crippen LogP contribution in [0.15, 0.2) is 11.6 Å². The molecule has 0 amide bonds. The van der Waals surface area contributed by atoms with E-state index in [0.29, 0.717) is 23.7 Å². The first-order valence-electron chi connectivity index (χ1n) is 10.1. The van der Waals surface area contributed by atoms with Crippen LogP contribution in [-0.4, -0.2) is 41.0 Å². The van der Waals surface area contributed by atoms with E-state index in [0.717, 1.165) is 31.6 Å². The molecule has 0 radical (unpaired) electrons. The number of fused-ring (bicyclic) bond motifs is 5. The first-order chi connectivity index (χ1) is 11.4. The first-order valence-corrected chi connectivity index (χ1v) is 10.1. The Hall–Kier alpha value is -0.670. The van der Waals surface area contributed by atoms with E-state index in [4.69, 9.17) is 0 Å². The summed E-state index contributed by atoms with van der Waals surface area (Å²) in [6.45, 7) is 7.29. The van der Waals surface area contributed by atoms with E-state index in [-0.39, 0.29) is 16.9 Å². The molecule has 7 atom stereocenters. The topological polar surface area (TPSA) is 40.3 Å². The fraction of sp³-hybridized carbons (Fsp3) is 0.857. The van der Waals surface area contributed by atoms with Crippen LogP contribution in [0.1, 0.15) is 58.8 Å². The van der Waals surface area contributed by atoms with E-state index in [1.165, 1.54) is 37.9 Å². The summed E-state index contributed by atoms with van der Waals surface area (Å²) in [5.41, 5.74) is 1.83. The molecule has 3 nitrogen and oxygen atoms in total. The standard InChI is InChI=1S/C21H31NO2/c1-20-7-5-14(23)11-13(20)12-17(22-9-10-22)19-15-3-4-18(24)21(15,2)8-6-16(19)20/h11,15-19,24H,3-10,12H2,1-2H3/t15-,16-,17-,18-,19-,20-,21-/m0/s1. The zero-order chi connectivity index (χ0) is 16.7. The van der Waals surface area contributed by atoms with Gasteiger partial charge >= 0.3 is 0 Å². The second-order valence-corrected chi connectivity index (χ2v) is 9.79. The van der Waals surface area contributed by atoms with Crippen LogP contribution >= 0.6 is 0 Å². The number of carbonyl (C=O) groups is 1. The van der Waals surface area contributed by atoms with Crippen LogP contribution in [0.2, 0.25) is 0 Å². The van der Waals surface area contributed by atoms with Gasteiger partial charge in [0.2, 0.25) is 0 Å². The Bertz CT molecular complexity index is 609. The number of aliphatic hydroxyl groups excluding tert-OH is 1. The van der Waals surface area contributed by atoms with Crippen LogP contribution in [0.3, 0.4) is 0 Å². The Kier molecular flexibility index (Phi) is 3.21. The molecule has 1 saturated heterocycles. The lowest BCUT2D eigenvalue weighted by Gasteiger charge is -2.60. The highest BCUT2D eigenvalue weighted by molar-refractivity contribution is 5.91. The molecule has 1 aliphatic heterocycles. The number of carbonyl (C=O) groups excluding carboxylic acids is 1. The lowest BCUT2D eigenvalue weighted by Crippen LogP contribution is -2.57. The summed E-state index contributed by atoms with van der Waals surface area (Å²) in [4.78, 5) is 14.7. The highest BCUT2D eigenvalue weighted by atomic mass is 16.3. The Morgan fingerprint density at radius 2 is 1.92 bits per heavy atom. The van der Waals surface area contributed by atoms with Gasteiger partial charge in [0.15, 0.2) is 5.78 Å². The fourth-order valence-corrected chi connectivity index (χ4v) is 7.26. The van der Waals surface area contributed by atoms with Crippen LogP contribution in [0.5, 0.6) is 0 Å². The molecular weight excluding hydrogens is 298 g/mol. The van der Waals surface area contributed by atoms with Crippen molar-refractivity contribution >= 4 is 5.78 Å². The first kappa shape index (κ1) is 15.6. The monoisotopic (exact) mass is 329 g/mol. The molecule has 0 unspecified atom stereocenters. The van der Waals surface area contributed by atoms with Crippen molar-refractivity contribution < 1.29 is 9.90 Å². The third-order valence-corrected chi connectivity index (χ3v) is 8.88. The number of hydrogen-bond acceptors (Lipinski definition) is 3. The summed E-state index contributed by atoms with van der Waals surface area (Å²) >= 11 is 0. The number of ketones is 1. The average molecular weight is 329 g/mol. The highest BCUT2D eigenvalue weighted by Crippen LogP contribution is 2.66. The van der Waals surface area contributed by atoms with Crippen molar-refractivity contribution in [2.45, 2.75) is 70.9 Å². The number of aliphatic hydroxyl groups is 1. The zero-order valence-electron chi connectivity index (χ0n) is 15.1. The molecular formula is C21H31NO2. The number of nitrogens with zero attached hydrogens (tertiary/aromatic N) is 1. The van der Waals surface area contributed by atoms with E-state index < -0.39 is 0 Å². The SMILES string of the molecule is C[C@]12CC[C@H]3[C@@H]([C@@H](N4CC4)CC4=CC(=O)CC[C@@]43C)[C@@H]1CC[C@@H]2O. The maximum atomic E-state index is 12.1. The van der Waals surface area contributed by atoms with Crippen molar-refractivity contribution in [2.75, 3.05) is 13.1 Å². The molecule has 132 valence electrons. The molecule has 1 heterocycles. The molecule has 0 spiro atoms. The smallest absolute Gasteiger partial charge is 0.155 e. The summed E-state index contributed by atoms with van der Waals surface area (Å²) in [5, 5.41) is 10.7. The van der Waals surface area contributed by atoms with Crippen LogP contribution in [0, 0.1) is 28.6 Å². The predicted octanol–water partition coefficient (Wildman–Crippen LogP) is 3.17. The molecule has 24 heavy (non-hydrogen) atoms. The third kappa shape index (κ3) is 1.94. The molecule has 0 aromatic heterocycles. The van der Waals surface area contributed by atoms with Crippen molar-refractivity contribution in [1.82, 2.24) is 4.90 Å². The highest BCUT2D eigenvalue weighted by Gasteiger charge is 2.62. The molecule has 1 N–H and O–H groups in total. The molecule has 0 bridgehead atoms. The van der Waals surface area contributed by atoms with Crippen LogP contribution in [-0.2, 0) is 4.79 Å². The molecule has 3 heteroatoms. The second-order valence-electron chi connectivity index (χ2n) is 9.79. The molecule has 0 aromatic carbocycles. The zero-order valence-corrected chi connectivity index (χ0v) is 15.1. The summed E-state index contributed by atoms with van der Waals surface area (Å²) < 4.78 is 0. The third-order valence-electron chi connectivity index (χ3n) is 8.88. The second kappa shape index (κ2) is 4.94. The van der Waals surface area contributed by atoms with Gasteiger partial charge in [-0.15, -0.1) is 0 Å². The van der Waals surface area contributed by atoms with Crippen molar-refractivity contribution in [2.24, 2.45) is 28.6 Å². The van der Waals surface area contributed by atoms with Gasteiger partial charge in [-0.05, 0) is 73.2 Å². The van der Waals surface area contributed by atoms with Crippen molar-refractivity contribution in [3.63, 3.8) is 0 Å². The van der Waals surface area contributed by atoms with Gasteiger partial charge in [0.1, 0.15) is 0 Å². The van der Waals surface area contributed by atoms with E-state index >= 15 is 0 Å². The lowest BCUT2D eigenvalue weighted by atomic mass is 9.46. The van der Waals surface area contributed by atoms with Gasteiger partial charge < -0.3 is 5.11 Å². The van der Waals surface area contributed by atoms with Gasteiger partial charge in [-0.2, -0.15) is 0 Å². The van der Waals surface area contributed by atoms with E-state index in [1.54, 1.807) is 0 Å². The quantitative estimate of drug-likeness (QED) is 0.751. The van der Waals surface area contributed by atoms with Gasteiger partial charge in [-0.25, -0.2) is 0 Å². The number of hydrogen-bond donors (Lipinski definition) is 1. The molecule has 3 saturated carbocycles. The molecule has 4 aliphatic carbocycles. The van der Waals surface area contributed by atoms with Gasteiger partial charge in [0.05, 0.1) is 6.10 Å². The molecule has 4 fully saturated rings.